The summed E-state index contributed by atoms with van der Waals surface area (Å²) in [6, 6.07) is 15.0. The lowest BCUT2D eigenvalue weighted by Gasteiger charge is -2.35. The van der Waals surface area contributed by atoms with Gasteiger partial charge in [-0.05, 0) is 34.7 Å². The van der Waals surface area contributed by atoms with Crippen molar-refractivity contribution in [2.45, 2.75) is 19.0 Å². The number of aromatic nitrogens is 1. The number of carbonyl (C=O) groups is 2. The van der Waals surface area contributed by atoms with Crippen LogP contribution < -0.4 is 0 Å². The maximum absolute atomic E-state index is 13.2. The van der Waals surface area contributed by atoms with Crippen molar-refractivity contribution in [3.63, 3.8) is 0 Å². The van der Waals surface area contributed by atoms with Gasteiger partial charge in [-0.1, -0.05) is 30.3 Å². The van der Waals surface area contributed by atoms with Crippen LogP contribution in [0.25, 0.3) is 10.9 Å². The number of benzene rings is 2. The predicted octanol–water partition coefficient (Wildman–Crippen LogP) is 2.92. The minimum Gasteiger partial charge on any atom is -0.467 e. The third-order valence-corrected chi connectivity index (χ3v) is 5.12. The lowest BCUT2D eigenvalue weighted by atomic mass is 9.93. The van der Waals surface area contributed by atoms with E-state index in [4.69, 9.17) is 4.74 Å². The summed E-state index contributed by atoms with van der Waals surface area (Å²) in [7, 11) is 3.31. The van der Waals surface area contributed by atoms with Crippen LogP contribution in [-0.4, -0.2) is 34.5 Å². The van der Waals surface area contributed by atoms with E-state index in [1.54, 1.807) is 4.90 Å². The molecule has 0 saturated carbocycles. The molecule has 3 aromatic rings. The maximum atomic E-state index is 13.2. The molecule has 0 radical (unpaired) electrons. The zero-order chi connectivity index (χ0) is 18.3. The number of hydrogen-bond acceptors (Lipinski definition) is 3. The topological polar surface area (TPSA) is 51.5 Å². The molecule has 1 aromatic heterocycles. The lowest BCUT2D eigenvalue weighted by Crippen LogP contribution is -2.49. The molecule has 2 aromatic carbocycles. The summed E-state index contributed by atoms with van der Waals surface area (Å²) < 4.78 is 6.94. The monoisotopic (exact) mass is 348 g/mol. The number of ether oxygens (including phenoxy) is 1. The van der Waals surface area contributed by atoms with Crippen LogP contribution in [0.15, 0.2) is 54.7 Å². The molecule has 4 rings (SSSR count). The Morgan fingerprint density at radius 2 is 1.85 bits per heavy atom. The summed E-state index contributed by atoms with van der Waals surface area (Å²) in [5.74, 6) is -0.536. The van der Waals surface area contributed by atoms with Crippen molar-refractivity contribution < 1.29 is 14.3 Å². The van der Waals surface area contributed by atoms with Gasteiger partial charge in [0.1, 0.15) is 6.04 Å². The van der Waals surface area contributed by atoms with Crippen molar-refractivity contribution >= 4 is 22.8 Å². The zero-order valence-electron chi connectivity index (χ0n) is 14.8. The second-order valence-electron chi connectivity index (χ2n) is 6.65. The van der Waals surface area contributed by atoms with Gasteiger partial charge in [-0.15, -0.1) is 0 Å². The molecule has 0 saturated heterocycles. The first-order valence-electron chi connectivity index (χ1n) is 8.59. The largest absolute Gasteiger partial charge is 0.467 e. The van der Waals surface area contributed by atoms with E-state index in [2.05, 4.69) is 0 Å². The van der Waals surface area contributed by atoms with Crippen LogP contribution in [0.2, 0.25) is 0 Å². The average molecular weight is 348 g/mol. The number of hydrogen-bond donors (Lipinski definition) is 0. The molecule has 5 heteroatoms. The highest BCUT2D eigenvalue weighted by Gasteiger charge is 2.35. The second kappa shape index (κ2) is 6.33. The quantitative estimate of drug-likeness (QED) is 0.669. The first-order valence-corrected chi connectivity index (χ1v) is 8.59. The van der Waals surface area contributed by atoms with Crippen LogP contribution in [0.5, 0.6) is 0 Å². The molecule has 26 heavy (non-hydrogen) atoms. The Hall–Kier alpha value is -3.08. The van der Waals surface area contributed by atoms with Crippen LogP contribution in [0, 0.1) is 0 Å². The van der Waals surface area contributed by atoms with Crippen LogP contribution in [0.1, 0.15) is 21.5 Å². The van der Waals surface area contributed by atoms with Gasteiger partial charge in [0.25, 0.3) is 5.91 Å². The molecule has 0 bridgehead atoms. The fraction of sp³-hybridized carbons (Fsp3) is 0.238. The Bertz CT molecular complexity index is 1010. The van der Waals surface area contributed by atoms with Gasteiger partial charge in [-0.25, -0.2) is 4.79 Å². The third-order valence-electron chi connectivity index (χ3n) is 5.12. The van der Waals surface area contributed by atoms with E-state index in [1.165, 1.54) is 7.11 Å². The van der Waals surface area contributed by atoms with Gasteiger partial charge >= 0.3 is 5.97 Å². The molecule has 5 nitrogen and oxygen atoms in total. The molecule has 0 N–H and O–H groups in total. The van der Waals surface area contributed by atoms with E-state index in [0.717, 1.165) is 22.0 Å². The van der Waals surface area contributed by atoms with Crippen molar-refractivity contribution in [1.82, 2.24) is 9.47 Å². The fourth-order valence-corrected chi connectivity index (χ4v) is 3.64. The summed E-state index contributed by atoms with van der Waals surface area (Å²) in [6.45, 7) is 0.403. The van der Waals surface area contributed by atoms with E-state index >= 15 is 0 Å². The fourth-order valence-electron chi connectivity index (χ4n) is 3.64. The molecular weight excluding hydrogens is 328 g/mol. The number of carbonyl (C=O) groups excluding carboxylic acids is 2. The maximum Gasteiger partial charge on any atom is 0.328 e. The standard InChI is InChI=1S/C21H20N2O3/c1-22-10-9-14-7-8-16(12-18(14)22)20(24)23-13-17-6-4-3-5-15(17)11-19(23)21(25)26-2/h3-10,12,19H,11,13H2,1-2H3/t19-/m1/s1. The molecule has 0 aliphatic carbocycles. The number of esters is 1. The van der Waals surface area contributed by atoms with Gasteiger partial charge in [-0.3, -0.25) is 4.79 Å². The summed E-state index contributed by atoms with van der Waals surface area (Å²) in [6.07, 6.45) is 2.44. The third kappa shape index (κ3) is 2.65. The van der Waals surface area contributed by atoms with Gasteiger partial charge < -0.3 is 14.2 Å². The minimum absolute atomic E-state index is 0.155. The first kappa shape index (κ1) is 16.4. The Kier molecular flexibility index (Phi) is 3.99. The van der Waals surface area contributed by atoms with Gasteiger partial charge in [-0.2, -0.15) is 0 Å². The van der Waals surface area contributed by atoms with Gasteiger partial charge in [0.05, 0.1) is 7.11 Å². The van der Waals surface area contributed by atoms with E-state index in [0.29, 0.717) is 18.5 Å². The van der Waals surface area contributed by atoms with E-state index in [1.807, 2.05) is 66.3 Å². The molecule has 1 atom stereocenters. The predicted molar refractivity (Wildman–Crippen MR) is 98.7 cm³/mol. The number of rotatable bonds is 2. The number of aryl methyl sites for hydroxylation is 1. The Labute approximate surface area is 151 Å². The molecule has 132 valence electrons. The molecule has 1 amide bonds. The molecule has 0 fully saturated rings. The smallest absolute Gasteiger partial charge is 0.328 e. The first-order chi connectivity index (χ1) is 12.6. The van der Waals surface area contributed by atoms with Crippen molar-refractivity contribution in [3.8, 4) is 0 Å². The number of methoxy groups -OCH3 is 1. The molecule has 0 spiro atoms. The lowest BCUT2D eigenvalue weighted by molar-refractivity contribution is -0.146. The van der Waals surface area contributed by atoms with Crippen LogP contribution >= 0.6 is 0 Å². The van der Waals surface area contributed by atoms with Crippen LogP contribution in [0.4, 0.5) is 0 Å². The van der Waals surface area contributed by atoms with E-state index in [-0.39, 0.29) is 11.9 Å². The number of fused-ring (bicyclic) bond motifs is 2. The van der Waals surface area contributed by atoms with Crippen molar-refractivity contribution in [1.29, 1.82) is 0 Å². The summed E-state index contributed by atoms with van der Waals surface area (Å²) in [4.78, 5) is 27.2. The van der Waals surface area contributed by atoms with Crippen molar-refractivity contribution in [2.24, 2.45) is 7.05 Å². The van der Waals surface area contributed by atoms with Crippen molar-refractivity contribution in [3.05, 3.63) is 71.4 Å². The Balaban J connectivity index is 1.73. The molecule has 0 unspecified atom stereocenters. The highest BCUT2D eigenvalue weighted by molar-refractivity contribution is 6.00. The average Bonchev–Trinajstić information content (AvgIpc) is 3.06. The van der Waals surface area contributed by atoms with Gasteiger partial charge in [0, 0.05) is 37.3 Å². The minimum atomic E-state index is -0.605. The zero-order valence-corrected chi connectivity index (χ0v) is 14.8. The van der Waals surface area contributed by atoms with Crippen molar-refractivity contribution in [2.75, 3.05) is 7.11 Å². The normalized spacial score (nSPS) is 16.4. The van der Waals surface area contributed by atoms with Crippen LogP contribution in [-0.2, 0) is 29.5 Å². The highest BCUT2D eigenvalue weighted by Crippen LogP contribution is 2.26. The molecular formula is C21H20N2O3. The summed E-state index contributed by atoms with van der Waals surface area (Å²) in [5.41, 5.74) is 3.72. The van der Waals surface area contributed by atoms with Gasteiger partial charge in [0.15, 0.2) is 0 Å². The highest BCUT2D eigenvalue weighted by atomic mass is 16.5. The van der Waals surface area contributed by atoms with E-state index in [9.17, 15) is 9.59 Å². The Morgan fingerprint density at radius 1 is 1.08 bits per heavy atom. The second-order valence-corrected chi connectivity index (χ2v) is 6.65. The molecule has 1 aliphatic rings. The number of nitrogens with zero attached hydrogens (tertiary/aromatic N) is 2. The number of amides is 1. The molecule has 2 heterocycles. The summed E-state index contributed by atoms with van der Waals surface area (Å²) in [5, 5.41) is 1.08. The Morgan fingerprint density at radius 3 is 2.62 bits per heavy atom. The SMILES string of the molecule is COC(=O)[C@H]1Cc2ccccc2CN1C(=O)c1ccc2ccn(C)c2c1. The van der Waals surface area contributed by atoms with E-state index < -0.39 is 6.04 Å². The summed E-state index contributed by atoms with van der Waals surface area (Å²) >= 11 is 0. The van der Waals surface area contributed by atoms with Crippen LogP contribution in [0.3, 0.4) is 0 Å². The van der Waals surface area contributed by atoms with Gasteiger partial charge in [0.2, 0.25) is 0 Å². The molecule has 1 aliphatic heterocycles.